The van der Waals surface area contributed by atoms with Gasteiger partial charge in [0, 0.05) is 13.6 Å². The third-order valence-corrected chi connectivity index (χ3v) is 7.27. The molecule has 0 saturated heterocycles. The Balaban J connectivity index is 1.39. The summed E-state index contributed by atoms with van der Waals surface area (Å²) in [6.45, 7) is 0.772. The van der Waals surface area contributed by atoms with E-state index in [1.165, 1.54) is 12.1 Å². The molecular weight excluding hydrogens is 516 g/mol. The molecule has 2 aromatic carbocycles. The first kappa shape index (κ1) is 25.4. The number of halogens is 5. The highest BCUT2D eigenvalue weighted by Crippen LogP contribution is 2.43. The first-order valence-electron chi connectivity index (χ1n) is 12.0. The summed E-state index contributed by atoms with van der Waals surface area (Å²) in [5.41, 5.74) is 1.23. The fourth-order valence-corrected chi connectivity index (χ4v) is 5.13. The fourth-order valence-electron chi connectivity index (χ4n) is 4.92. The number of hydrogen-bond donors (Lipinski definition) is 2. The van der Waals surface area contributed by atoms with E-state index in [-0.39, 0.29) is 66.5 Å². The van der Waals surface area contributed by atoms with Crippen LogP contribution in [0.1, 0.15) is 36.0 Å². The topological polar surface area (TPSA) is 77.4 Å². The van der Waals surface area contributed by atoms with Gasteiger partial charge in [0.05, 0.1) is 27.7 Å². The van der Waals surface area contributed by atoms with Gasteiger partial charge in [0.1, 0.15) is 24.5 Å². The van der Waals surface area contributed by atoms with Crippen LogP contribution in [0.2, 0.25) is 5.02 Å². The van der Waals surface area contributed by atoms with Gasteiger partial charge in [-0.25, -0.2) is 9.37 Å². The lowest BCUT2D eigenvalue weighted by Gasteiger charge is -2.30. The molecule has 1 aliphatic carbocycles. The van der Waals surface area contributed by atoms with Crippen molar-refractivity contribution >= 4 is 40.2 Å². The number of fused-ring (bicyclic) bond motifs is 3. The maximum Gasteiger partial charge on any atom is 0.391 e. The number of benzene rings is 2. The molecule has 198 valence electrons. The van der Waals surface area contributed by atoms with Gasteiger partial charge >= 0.3 is 6.18 Å². The first-order chi connectivity index (χ1) is 17.6. The van der Waals surface area contributed by atoms with Gasteiger partial charge in [-0.05, 0) is 49.8 Å². The predicted octanol–water partition coefficient (Wildman–Crippen LogP) is 5.98. The van der Waals surface area contributed by atoms with Crippen LogP contribution in [0.3, 0.4) is 0 Å². The summed E-state index contributed by atoms with van der Waals surface area (Å²) in [7, 11) is 1.71. The molecule has 2 aliphatic rings. The van der Waals surface area contributed by atoms with E-state index in [1.54, 1.807) is 23.7 Å². The van der Waals surface area contributed by atoms with Gasteiger partial charge in [-0.1, -0.05) is 17.7 Å². The lowest BCUT2D eigenvalue weighted by atomic mass is 9.81. The summed E-state index contributed by atoms with van der Waals surface area (Å²) in [6.07, 6.45) is -3.24. The second-order valence-electron chi connectivity index (χ2n) is 9.33. The number of para-hydroxylation sites is 1. The number of ether oxygens (including phenoxy) is 2. The predicted molar refractivity (Wildman–Crippen MR) is 130 cm³/mol. The number of carbonyl (C=O) groups excluding carboxylic acids is 1. The SMILES string of the molecule is Cn1c(Nc2c(F)cccc2Cl)nc2cc(C(=O)NC[C@H]3CC[C@H](C(F)(F)F)CC3)c3c(c21)OCCO3. The van der Waals surface area contributed by atoms with Gasteiger partial charge < -0.3 is 24.7 Å². The molecule has 1 saturated carbocycles. The third kappa shape index (κ3) is 5.01. The molecule has 1 aliphatic heterocycles. The molecule has 1 amide bonds. The van der Waals surface area contributed by atoms with Crippen LogP contribution in [0.5, 0.6) is 11.5 Å². The Morgan fingerprint density at radius 3 is 2.54 bits per heavy atom. The smallest absolute Gasteiger partial charge is 0.391 e. The highest BCUT2D eigenvalue weighted by molar-refractivity contribution is 6.33. The van der Waals surface area contributed by atoms with E-state index in [0.29, 0.717) is 29.6 Å². The largest absolute Gasteiger partial charge is 0.485 e. The number of alkyl halides is 3. The summed E-state index contributed by atoms with van der Waals surface area (Å²) in [4.78, 5) is 17.7. The molecule has 0 bridgehead atoms. The number of nitrogens with zero attached hydrogens (tertiary/aromatic N) is 2. The van der Waals surface area contributed by atoms with Gasteiger partial charge in [-0.2, -0.15) is 13.2 Å². The number of nitrogens with one attached hydrogen (secondary N) is 2. The summed E-state index contributed by atoms with van der Waals surface area (Å²) < 4.78 is 66.5. The number of imidazole rings is 1. The molecule has 2 heterocycles. The number of carbonyl (C=O) groups is 1. The molecule has 2 N–H and O–H groups in total. The van der Waals surface area contributed by atoms with Crippen LogP contribution >= 0.6 is 11.6 Å². The molecule has 37 heavy (non-hydrogen) atoms. The molecule has 5 rings (SSSR count). The zero-order valence-electron chi connectivity index (χ0n) is 19.9. The van der Waals surface area contributed by atoms with E-state index in [1.807, 2.05) is 0 Å². The quantitative estimate of drug-likeness (QED) is 0.389. The number of anilines is 2. The van der Waals surface area contributed by atoms with Crippen molar-refractivity contribution in [3.05, 3.63) is 40.7 Å². The second-order valence-corrected chi connectivity index (χ2v) is 9.74. The minimum Gasteiger partial charge on any atom is -0.485 e. The van der Waals surface area contributed by atoms with Crippen molar-refractivity contribution in [3.63, 3.8) is 0 Å². The number of aryl methyl sites for hydroxylation is 1. The molecule has 7 nitrogen and oxygen atoms in total. The Hall–Kier alpha value is -3.21. The van der Waals surface area contributed by atoms with Crippen molar-refractivity contribution in [1.82, 2.24) is 14.9 Å². The molecule has 12 heteroatoms. The van der Waals surface area contributed by atoms with Crippen LogP contribution in [-0.2, 0) is 7.05 Å². The number of hydrogen-bond acceptors (Lipinski definition) is 5. The van der Waals surface area contributed by atoms with Crippen LogP contribution in [-0.4, -0.2) is 41.4 Å². The number of amides is 1. The van der Waals surface area contributed by atoms with Crippen molar-refractivity contribution in [2.45, 2.75) is 31.9 Å². The average molecular weight is 541 g/mol. The van der Waals surface area contributed by atoms with Crippen molar-refractivity contribution in [1.29, 1.82) is 0 Å². The van der Waals surface area contributed by atoms with Gasteiger partial charge in [-0.15, -0.1) is 0 Å². The molecular formula is C25H25ClF4N4O3. The zero-order valence-corrected chi connectivity index (χ0v) is 20.7. The van der Waals surface area contributed by atoms with Gasteiger partial charge in [0.15, 0.2) is 11.5 Å². The van der Waals surface area contributed by atoms with Gasteiger partial charge in [-0.3, -0.25) is 4.79 Å². The molecule has 1 aromatic heterocycles. The van der Waals surface area contributed by atoms with E-state index in [4.69, 9.17) is 21.1 Å². The van der Waals surface area contributed by atoms with Crippen LogP contribution in [0.4, 0.5) is 29.2 Å². The van der Waals surface area contributed by atoms with E-state index in [2.05, 4.69) is 15.6 Å². The van der Waals surface area contributed by atoms with E-state index in [9.17, 15) is 22.4 Å². The summed E-state index contributed by atoms with van der Waals surface area (Å²) in [5.74, 6) is -1.42. The van der Waals surface area contributed by atoms with Crippen molar-refractivity contribution in [3.8, 4) is 11.5 Å². The number of aromatic nitrogens is 2. The van der Waals surface area contributed by atoms with E-state index in [0.717, 1.165) is 0 Å². The zero-order chi connectivity index (χ0) is 26.3. The average Bonchev–Trinajstić information content (AvgIpc) is 3.19. The van der Waals surface area contributed by atoms with Crippen molar-refractivity contribution in [2.24, 2.45) is 18.9 Å². The minimum atomic E-state index is -4.17. The number of rotatable bonds is 5. The van der Waals surface area contributed by atoms with Gasteiger partial charge in [0.2, 0.25) is 5.95 Å². The lowest BCUT2D eigenvalue weighted by Crippen LogP contribution is -2.34. The lowest BCUT2D eigenvalue weighted by molar-refractivity contribution is -0.183. The summed E-state index contributed by atoms with van der Waals surface area (Å²) in [5, 5.41) is 5.92. The third-order valence-electron chi connectivity index (χ3n) is 6.95. The second kappa shape index (κ2) is 9.92. The first-order valence-corrected chi connectivity index (χ1v) is 12.4. The maximum absolute atomic E-state index is 14.3. The highest BCUT2D eigenvalue weighted by atomic mass is 35.5. The van der Waals surface area contributed by atoms with Crippen LogP contribution in [0, 0.1) is 17.7 Å². The van der Waals surface area contributed by atoms with E-state index >= 15 is 0 Å². The Labute approximate surface area is 215 Å². The molecule has 0 radical (unpaired) electrons. The standard InChI is InChI=1S/C25H25ClF4N4O3/c1-34-20-18(32-24(34)33-19-16(26)3-2-4-17(19)27)11-15(21-22(20)37-10-9-36-21)23(35)31-12-13-5-7-14(8-6-13)25(28,29)30/h2-4,11,13-14H,5-10,12H2,1H3,(H,31,35)(H,32,33)/t13-,14-. The molecule has 0 spiro atoms. The Bertz CT molecular complexity index is 1320. The van der Waals surface area contributed by atoms with Gasteiger partial charge in [0.25, 0.3) is 5.91 Å². The summed E-state index contributed by atoms with van der Waals surface area (Å²) in [6, 6.07) is 5.87. The molecule has 3 aromatic rings. The Morgan fingerprint density at radius 1 is 1.16 bits per heavy atom. The van der Waals surface area contributed by atoms with Crippen LogP contribution in [0.25, 0.3) is 11.0 Å². The molecule has 0 unspecified atom stereocenters. The van der Waals surface area contributed by atoms with Crippen LogP contribution < -0.4 is 20.1 Å². The normalized spacial score (nSPS) is 19.6. The molecule has 1 fully saturated rings. The minimum absolute atomic E-state index is 0.0320. The fraction of sp³-hybridized carbons (Fsp3) is 0.440. The van der Waals surface area contributed by atoms with Crippen LogP contribution in [0.15, 0.2) is 24.3 Å². The monoisotopic (exact) mass is 540 g/mol. The summed E-state index contributed by atoms with van der Waals surface area (Å²) >= 11 is 6.15. The van der Waals surface area contributed by atoms with Crippen molar-refractivity contribution < 1.29 is 31.8 Å². The van der Waals surface area contributed by atoms with E-state index < -0.39 is 23.8 Å². The van der Waals surface area contributed by atoms with Crippen molar-refractivity contribution in [2.75, 3.05) is 25.1 Å². The highest BCUT2D eigenvalue weighted by Gasteiger charge is 2.41. The Kier molecular flexibility index (Phi) is 6.82. The molecule has 0 atom stereocenters. The Morgan fingerprint density at radius 2 is 1.86 bits per heavy atom. The maximum atomic E-state index is 14.3.